The molecule has 1 N–H and O–H groups in total. The second-order valence-corrected chi connectivity index (χ2v) is 4.43. The van der Waals surface area contributed by atoms with E-state index in [1.165, 1.54) is 0 Å². The van der Waals surface area contributed by atoms with Gasteiger partial charge in [0.05, 0.1) is 18.3 Å². The molecule has 19 heavy (non-hydrogen) atoms. The van der Waals surface area contributed by atoms with Gasteiger partial charge in [-0.2, -0.15) is 0 Å². The number of nitrogens with one attached hydrogen (secondary N) is 1. The van der Waals surface area contributed by atoms with Crippen molar-refractivity contribution in [2.45, 2.75) is 19.9 Å². The summed E-state index contributed by atoms with van der Waals surface area (Å²) in [6, 6.07) is 14.3. The van der Waals surface area contributed by atoms with Crippen molar-refractivity contribution in [1.82, 2.24) is 10.3 Å². The molecule has 0 aliphatic heterocycles. The third-order valence-electron chi connectivity index (χ3n) is 3.00. The fourth-order valence-electron chi connectivity index (χ4n) is 2.16. The molecule has 0 aliphatic rings. The van der Waals surface area contributed by atoms with E-state index in [1.807, 2.05) is 51.2 Å². The van der Waals surface area contributed by atoms with Crippen LogP contribution in [0.15, 0.2) is 42.5 Å². The van der Waals surface area contributed by atoms with Gasteiger partial charge in [-0.05, 0) is 50.7 Å². The molecule has 3 heteroatoms. The zero-order valence-electron chi connectivity index (χ0n) is 11.7. The number of aromatic nitrogens is 1. The van der Waals surface area contributed by atoms with Crippen LogP contribution in [-0.2, 0) is 0 Å². The predicted octanol–water partition coefficient (Wildman–Crippen LogP) is 3.10. The van der Waals surface area contributed by atoms with E-state index < -0.39 is 0 Å². The average molecular weight is 256 g/mol. The molecule has 2 rings (SSSR count). The zero-order chi connectivity index (χ0) is 13.7. The van der Waals surface area contributed by atoms with Crippen LogP contribution >= 0.6 is 0 Å². The van der Waals surface area contributed by atoms with Crippen molar-refractivity contribution in [1.29, 1.82) is 0 Å². The van der Waals surface area contributed by atoms with Crippen molar-refractivity contribution in [3.05, 3.63) is 59.4 Å². The zero-order valence-corrected chi connectivity index (χ0v) is 11.7. The molecule has 3 nitrogen and oxygen atoms in total. The maximum Gasteiger partial charge on any atom is 0.119 e. The molecule has 1 aromatic carbocycles. The molecule has 0 fully saturated rings. The summed E-state index contributed by atoms with van der Waals surface area (Å²) < 4.78 is 5.55. The Morgan fingerprint density at radius 3 is 2.68 bits per heavy atom. The second-order valence-electron chi connectivity index (χ2n) is 4.43. The number of hydrogen-bond donors (Lipinski definition) is 1. The molecule has 2 aromatic rings. The van der Waals surface area contributed by atoms with Crippen molar-refractivity contribution >= 4 is 0 Å². The van der Waals surface area contributed by atoms with Crippen molar-refractivity contribution in [3.63, 3.8) is 0 Å². The standard InChI is InChI=1S/C16H20N2O/c1-4-19-14-9-6-8-13(11-14)16(17-3)15-10-5-7-12(2)18-15/h5-11,16-17H,4H2,1-3H3. The van der Waals surface area contributed by atoms with Gasteiger partial charge in [0.25, 0.3) is 0 Å². The van der Waals surface area contributed by atoms with Gasteiger partial charge in [-0.3, -0.25) is 4.98 Å². The van der Waals surface area contributed by atoms with Crippen LogP contribution < -0.4 is 10.1 Å². The third-order valence-corrected chi connectivity index (χ3v) is 3.00. The van der Waals surface area contributed by atoms with Gasteiger partial charge in [0.1, 0.15) is 5.75 Å². The third kappa shape index (κ3) is 3.32. The lowest BCUT2D eigenvalue weighted by Crippen LogP contribution is -2.19. The molecule has 0 radical (unpaired) electrons. The number of ether oxygens (including phenoxy) is 1. The van der Waals surface area contributed by atoms with Crippen LogP contribution in [0.1, 0.15) is 29.9 Å². The van der Waals surface area contributed by atoms with E-state index in [4.69, 9.17) is 4.74 Å². The second kappa shape index (κ2) is 6.34. The fourth-order valence-corrected chi connectivity index (χ4v) is 2.16. The van der Waals surface area contributed by atoms with Crippen LogP contribution in [0.5, 0.6) is 5.75 Å². The molecular weight excluding hydrogens is 236 g/mol. The molecular formula is C16H20N2O. The van der Waals surface area contributed by atoms with Gasteiger partial charge in [-0.25, -0.2) is 0 Å². The molecule has 0 saturated carbocycles. The topological polar surface area (TPSA) is 34.1 Å². The van der Waals surface area contributed by atoms with Gasteiger partial charge in [-0.1, -0.05) is 18.2 Å². The normalized spacial score (nSPS) is 12.2. The quantitative estimate of drug-likeness (QED) is 0.892. The van der Waals surface area contributed by atoms with Crippen molar-refractivity contribution in [2.75, 3.05) is 13.7 Å². The Balaban J connectivity index is 2.33. The maximum absolute atomic E-state index is 5.55. The Kier molecular flexibility index (Phi) is 4.53. The summed E-state index contributed by atoms with van der Waals surface area (Å²) in [5, 5.41) is 3.31. The van der Waals surface area contributed by atoms with E-state index in [-0.39, 0.29) is 6.04 Å². The number of aryl methyl sites for hydroxylation is 1. The highest BCUT2D eigenvalue weighted by molar-refractivity contribution is 5.34. The van der Waals surface area contributed by atoms with Gasteiger partial charge in [0.15, 0.2) is 0 Å². The molecule has 1 unspecified atom stereocenters. The lowest BCUT2D eigenvalue weighted by atomic mass is 10.0. The van der Waals surface area contributed by atoms with E-state index in [0.717, 1.165) is 22.7 Å². The SMILES string of the molecule is CCOc1cccc(C(NC)c2cccc(C)n2)c1. The minimum atomic E-state index is 0.0836. The number of nitrogens with zero attached hydrogens (tertiary/aromatic N) is 1. The predicted molar refractivity (Wildman–Crippen MR) is 77.5 cm³/mol. The van der Waals surface area contributed by atoms with Crippen LogP contribution in [0.2, 0.25) is 0 Å². The van der Waals surface area contributed by atoms with Crippen LogP contribution in [-0.4, -0.2) is 18.6 Å². The van der Waals surface area contributed by atoms with Crippen LogP contribution in [0, 0.1) is 6.92 Å². The summed E-state index contributed by atoms with van der Waals surface area (Å²) in [4.78, 5) is 4.59. The summed E-state index contributed by atoms with van der Waals surface area (Å²) in [6.45, 7) is 4.67. The molecule has 1 aromatic heterocycles. The molecule has 0 spiro atoms. The van der Waals surface area contributed by atoms with Crippen LogP contribution in [0.25, 0.3) is 0 Å². The van der Waals surface area contributed by atoms with Crippen LogP contribution in [0.3, 0.4) is 0 Å². The lowest BCUT2D eigenvalue weighted by Gasteiger charge is -2.17. The maximum atomic E-state index is 5.55. The summed E-state index contributed by atoms with van der Waals surface area (Å²) in [5.41, 5.74) is 3.21. The van der Waals surface area contributed by atoms with E-state index in [2.05, 4.69) is 22.4 Å². The smallest absolute Gasteiger partial charge is 0.119 e. The molecule has 100 valence electrons. The monoisotopic (exact) mass is 256 g/mol. The van der Waals surface area contributed by atoms with E-state index >= 15 is 0 Å². The summed E-state index contributed by atoms with van der Waals surface area (Å²) >= 11 is 0. The Morgan fingerprint density at radius 2 is 2.00 bits per heavy atom. The number of hydrogen-bond acceptors (Lipinski definition) is 3. The van der Waals surface area contributed by atoms with Gasteiger partial charge in [0.2, 0.25) is 0 Å². The summed E-state index contributed by atoms with van der Waals surface area (Å²) in [5.74, 6) is 0.896. The van der Waals surface area contributed by atoms with Crippen LogP contribution in [0.4, 0.5) is 0 Å². The molecule has 0 amide bonds. The van der Waals surface area contributed by atoms with E-state index in [0.29, 0.717) is 6.61 Å². The van der Waals surface area contributed by atoms with Crippen molar-refractivity contribution in [2.24, 2.45) is 0 Å². The lowest BCUT2D eigenvalue weighted by molar-refractivity contribution is 0.339. The summed E-state index contributed by atoms with van der Waals surface area (Å²) in [7, 11) is 1.95. The van der Waals surface area contributed by atoms with Gasteiger partial charge in [-0.15, -0.1) is 0 Å². The number of benzene rings is 1. The van der Waals surface area contributed by atoms with Gasteiger partial charge in [0, 0.05) is 5.69 Å². The number of rotatable bonds is 5. The Hall–Kier alpha value is -1.87. The van der Waals surface area contributed by atoms with E-state index in [9.17, 15) is 0 Å². The highest BCUT2D eigenvalue weighted by Gasteiger charge is 2.13. The van der Waals surface area contributed by atoms with E-state index in [1.54, 1.807) is 0 Å². The highest BCUT2D eigenvalue weighted by atomic mass is 16.5. The van der Waals surface area contributed by atoms with Crippen molar-refractivity contribution < 1.29 is 4.74 Å². The fraction of sp³-hybridized carbons (Fsp3) is 0.312. The van der Waals surface area contributed by atoms with Gasteiger partial charge >= 0.3 is 0 Å². The molecule has 0 aliphatic carbocycles. The first-order valence-electron chi connectivity index (χ1n) is 6.58. The Labute approximate surface area is 114 Å². The Morgan fingerprint density at radius 1 is 1.21 bits per heavy atom. The molecule has 1 heterocycles. The summed E-state index contributed by atoms with van der Waals surface area (Å²) in [6.07, 6.45) is 0. The number of pyridine rings is 1. The first-order chi connectivity index (χ1) is 9.24. The first-order valence-corrected chi connectivity index (χ1v) is 6.58. The molecule has 0 saturated heterocycles. The van der Waals surface area contributed by atoms with Crippen molar-refractivity contribution in [3.8, 4) is 5.75 Å². The molecule has 0 bridgehead atoms. The molecule has 1 atom stereocenters. The Bertz CT molecular complexity index is 540. The highest BCUT2D eigenvalue weighted by Crippen LogP contribution is 2.24. The largest absolute Gasteiger partial charge is 0.494 e. The minimum absolute atomic E-state index is 0.0836. The van der Waals surface area contributed by atoms with Gasteiger partial charge < -0.3 is 10.1 Å². The first kappa shape index (κ1) is 13.6. The average Bonchev–Trinajstić information content (AvgIpc) is 2.41. The minimum Gasteiger partial charge on any atom is -0.494 e.